The molecule has 1 aromatic carbocycles. The van der Waals surface area contributed by atoms with E-state index in [1.165, 1.54) is 0 Å². The summed E-state index contributed by atoms with van der Waals surface area (Å²) in [4.78, 5) is 17.1. The molecular weight excluding hydrogens is 342 g/mol. The van der Waals surface area contributed by atoms with Crippen LogP contribution in [0.5, 0.6) is 5.75 Å². The van der Waals surface area contributed by atoms with E-state index in [1.807, 2.05) is 56.1 Å². The lowest BCUT2D eigenvalue weighted by molar-refractivity contribution is -0.0415. The van der Waals surface area contributed by atoms with Gasteiger partial charge >= 0.3 is 6.09 Å². The molecule has 0 atom stereocenters. The van der Waals surface area contributed by atoms with Crippen LogP contribution in [0, 0.1) is 0 Å². The number of ether oxygens (including phenoxy) is 2. The molecule has 3 aliphatic rings. The molecule has 1 aromatic heterocycles. The van der Waals surface area contributed by atoms with Gasteiger partial charge in [0.1, 0.15) is 12.5 Å². The van der Waals surface area contributed by atoms with Crippen LogP contribution in [0.1, 0.15) is 33.6 Å². The van der Waals surface area contributed by atoms with Gasteiger partial charge in [0.2, 0.25) is 0 Å². The normalized spacial score (nSPS) is 22.9. The van der Waals surface area contributed by atoms with Crippen LogP contribution in [0.3, 0.4) is 0 Å². The van der Waals surface area contributed by atoms with E-state index in [0.717, 1.165) is 49.9 Å². The highest BCUT2D eigenvalue weighted by Gasteiger charge is 2.32. The molecule has 0 aliphatic carbocycles. The Hall–Kier alpha value is -2.05. The summed E-state index contributed by atoms with van der Waals surface area (Å²) in [7, 11) is 0. The fourth-order valence-corrected chi connectivity index (χ4v) is 3.90. The second kappa shape index (κ2) is 7.17. The van der Waals surface area contributed by atoms with Gasteiger partial charge in [0.05, 0.1) is 11.1 Å². The zero-order valence-electron chi connectivity index (χ0n) is 16.5. The standard InChI is InChI=1S/C21H29N3O3/c1-21(2,3)26-15-23-11-6-16-14-18(4-5-19(16)23)27-20(25)24-13-12-22-9-7-17(24)8-10-22/h4-6,11,14,17H,7-10,12-13,15H2,1-3H3. The number of benzene rings is 1. The average molecular weight is 371 g/mol. The molecule has 0 N–H and O–H groups in total. The van der Waals surface area contributed by atoms with Crippen LogP contribution in [0.15, 0.2) is 30.5 Å². The smallest absolute Gasteiger partial charge is 0.410 e. The fraction of sp³-hybridized carbons (Fsp3) is 0.571. The molecule has 3 aliphatic heterocycles. The van der Waals surface area contributed by atoms with E-state index < -0.39 is 0 Å². The monoisotopic (exact) mass is 371 g/mol. The zero-order chi connectivity index (χ0) is 19.0. The molecule has 1 amide bonds. The minimum absolute atomic E-state index is 0.185. The third-order valence-electron chi connectivity index (χ3n) is 5.47. The van der Waals surface area contributed by atoms with Crippen LogP contribution in [0.2, 0.25) is 0 Å². The Morgan fingerprint density at radius 3 is 2.63 bits per heavy atom. The Balaban J connectivity index is 1.45. The van der Waals surface area contributed by atoms with Crippen molar-refractivity contribution in [1.29, 1.82) is 0 Å². The minimum atomic E-state index is -0.224. The highest BCUT2D eigenvalue weighted by atomic mass is 16.6. The second-order valence-corrected chi connectivity index (χ2v) is 8.53. The summed E-state index contributed by atoms with van der Waals surface area (Å²) >= 11 is 0. The van der Waals surface area contributed by atoms with E-state index in [4.69, 9.17) is 9.47 Å². The maximum absolute atomic E-state index is 12.7. The number of carbonyl (C=O) groups excluding carboxylic acids is 1. The van der Waals surface area contributed by atoms with Crippen molar-refractivity contribution < 1.29 is 14.3 Å². The van der Waals surface area contributed by atoms with Crippen molar-refractivity contribution in [1.82, 2.24) is 14.4 Å². The minimum Gasteiger partial charge on any atom is -0.410 e. The molecular formula is C21H29N3O3. The number of rotatable bonds is 3. The van der Waals surface area contributed by atoms with Crippen molar-refractivity contribution in [2.24, 2.45) is 0 Å². The van der Waals surface area contributed by atoms with Crippen LogP contribution in [0.25, 0.3) is 10.9 Å². The third-order valence-corrected chi connectivity index (χ3v) is 5.47. The van der Waals surface area contributed by atoms with Crippen molar-refractivity contribution in [3.8, 4) is 5.75 Å². The van der Waals surface area contributed by atoms with Crippen LogP contribution in [-0.4, -0.2) is 58.3 Å². The van der Waals surface area contributed by atoms with Gasteiger partial charge in [-0.2, -0.15) is 0 Å². The van der Waals surface area contributed by atoms with Crippen molar-refractivity contribution >= 4 is 17.0 Å². The van der Waals surface area contributed by atoms with Crippen molar-refractivity contribution in [2.75, 3.05) is 26.2 Å². The summed E-state index contributed by atoms with van der Waals surface area (Å²) in [6.45, 7) is 10.5. The quantitative estimate of drug-likeness (QED) is 0.826. The lowest BCUT2D eigenvalue weighted by atomic mass is 10.1. The number of hydrogen-bond acceptors (Lipinski definition) is 4. The molecule has 3 saturated heterocycles. The molecule has 0 spiro atoms. The maximum atomic E-state index is 12.7. The Kier molecular flexibility index (Phi) is 4.86. The van der Waals surface area contributed by atoms with E-state index in [1.54, 1.807) is 0 Å². The fourth-order valence-electron chi connectivity index (χ4n) is 3.90. The van der Waals surface area contributed by atoms with Gasteiger partial charge in [0.15, 0.2) is 0 Å². The predicted octanol–water partition coefficient (Wildman–Crippen LogP) is 3.69. The second-order valence-electron chi connectivity index (χ2n) is 8.53. The molecule has 3 fully saturated rings. The van der Waals surface area contributed by atoms with E-state index in [0.29, 0.717) is 18.5 Å². The SMILES string of the molecule is CC(C)(C)OCn1ccc2cc(OC(=O)N3CCN4CCC3CC4)ccc21. The summed E-state index contributed by atoms with van der Waals surface area (Å²) in [6.07, 6.45) is 3.87. The van der Waals surface area contributed by atoms with E-state index in [-0.39, 0.29) is 11.7 Å². The highest BCUT2D eigenvalue weighted by Crippen LogP contribution is 2.25. The number of amides is 1. The van der Waals surface area contributed by atoms with Gasteiger partial charge in [-0.3, -0.25) is 0 Å². The van der Waals surface area contributed by atoms with E-state index in [2.05, 4.69) is 9.47 Å². The van der Waals surface area contributed by atoms with Gasteiger partial charge < -0.3 is 23.8 Å². The lowest BCUT2D eigenvalue weighted by Crippen LogP contribution is -2.43. The van der Waals surface area contributed by atoms with Gasteiger partial charge in [-0.15, -0.1) is 0 Å². The summed E-state index contributed by atoms with van der Waals surface area (Å²) in [5.41, 5.74) is 0.884. The average Bonchev–Trinajstić information content (AvgIpc) is 2.78. The molecule has 0 saturated carbocycles. The van der Waals surface area contributed by atoms with Crippen molar-refractivity contribution in [2.45, 2.75) is 52.0 Å². The van der Waals surface area contributed by atoms with Crippen LogP contribution in [0.4, 0.5) is 4.79 Å². The first-order valence-corrected chi connectivity index (χ1v) is 9.83. The maximum Gasteiger partial charge on any atom is 0.415 e. The van der Waals surface area contributed by atoms with Crippen LogP contribution in [-0.2, 0) is 11.5 Å². The summed E-state index contributed by atoms with van der Waals surface area (Å²) < 4.78 is 13.6. The molecule has 6 nitrogen and oxygen atoms in total. The van der Waals surface area contributed by atoms with Crippen LogP contribution < -0.4 is 4.74 Å². The van der Waals surface area contributed by atoms with Crippen molar-refractivity contribution in [3.05, 3.63) is 30.5 Å². The van der Waals surface area contributed by atoms with Crippen molar-refractivity contribution in [3.63, 3.8) is 0 Å². The van der Waals surface area contributed by atoms with Gasteiger partial charge in [-0.05, 0) is 57.9 Å². The van der Waals surface area contributed by atoms with Gasteiger partial charge in [0.25, 0.3) is 0 Å². The van der Waals surface area contributed by atoms with E-state index >= 15 is 0 Å². The highest BCUT2D eigenvalue weighted by molar-refractivity contribution is 5.82. The van der Waals surface area contributed by atoms with Gasteiger partial charge in [-0.25, -0.2) is 4.79 Å². The van der Waals surface area contributed by atoms with Gasteiger partial charge in [0, 0.05) is 43.8 Å². The first-order chi connectivity index (χ1) is 12.9. The Labute approximate surface area is 160 Å². The Morgan fingerprint density at radius 2 is 1.89 bits per heavy atom. The summed E-state index contributed by atoms with van der Waals surface area (Å²) in [5, 5.41) is 1.04. The largest absolute Gasteiger partial charge is 0.415 e. The first-order valence-electron chi connectivity index (χ1n) is 9.83. The number of aromatic nitrogens is 1. The molecule has 4 heterocycles. The molecule has 6 heteroatoms. The first kappa shape index (κ1) is 18.3. The molecule has 0 radical (unpaired) electrons. The predicted molar refractivity (Wildman–Crippen MR) is 105 cm³/mol. The lowest BCUT2D eigenvalue weighted by Gasteiger charge is -2.30. The zero-order valence-corrected chi connectivity index (χ0v) is 16.5. The summed E-state index contributed by atoms with van der Waals surface area (Å²) in [6, 6.07) is 8.13. The van der Waals surface area contributed by atoms with Gasteiger partial charge in [-0.1, -0.05) is 0 Å². The number of nitrogens with zero attached hydrogens (tertiary/aromatic N) is 3. The molecule has 0 unspecified atom stereocenters. The van der Waals surface area contributed by atoms with E-state index in [9.17, 15) is 4.79 Å². The molecule has 2 aromatic rings. The summed E-state index contributed by atoms with van der Waals surface area (Å²) in [5.74, 6) is 0.598. The molecule has 5 rings (SSSR count). The molecule has 146 valence electrons. The number of fused-ring (bicyclic) bond motifs is 5. The number of piperidine rings is 1. The topological polar surface area (TPSA) is 46.9 Å². The van der Waals surface area contributed by atoms with Crippen LogP contribution >= 0.6 is 0 Å². The molecule has 27 heavy (non-hydrogen) atoms. The number of hydrogen-bond donors (Lipinski definition) is 0. The third kappa shape index (κ3) is 4.12. The Morgan fingerprint density at radius 1 is 1.11 bits per heavy atom. The number of carbonyl (C=O) groups is 1. The Bertz CT molecular complexity index is 816. The molecule has 2 bridgehead atoms.